The normalized spacial score (nSPS) is 14.1. The highest BCUT2D eigenvalue weighted by molar-refractivity contribution is 6.03. The molecule has 8 heteroatoms. The molecule has 0 radical (unpaired) electrons. The lowest BCUT2D eigenvalue weighted by Gasteiger charge is -2.15. The number of para-hydroxylation sites is 1. The van der Waals surface area contributed by atoms with E-state index in [2.05, 4.69) is 15.4 Å². The van der Waals surface area contributed by atoms with Crippen LogP contribution in [0.15, 0.2) is 46.3 Å². The second kappa shape index (κ2) is 6.43. The molecule has 0 saturated heterocycles. The molecule has 3 aromatic heterocycles. The molecule has 0 saturated carbocycles. The van der Waals surface area contributed by atoms with E-state index < -0.39 is 0 Å². The van der Waals surface area contributed by atoms with Gasteiger partial charge in [-0.2, -0.15) is 0 Å². The van der Waals surface area contributed by atoms with Gasteiger partial charge in [0, 0.05) is 49.7 Å². The lowest BCUT2D eigenvalue weighted by Crippen LogP contribution is -2.38. The first-order chi connectivity index (χ1) is 14.4. The molecule has 30 heavy (non-hydrogen) atoms. The molecule has 0 aliphatic carbocycles. The predicted octanol–water partition coefficient (Wildman–Crippen LogP) is 1.97. The predicted molar refractivity (Wildman–Crippen MR) is 118 cm³/mol. The first-order valence-corrected chi connectivity index (χ1v) is 9.74. The quantitative estimate of drug-likeness (QED) is 0.535. The van der Waals surface area contributed by atoms with Crippen molar-refractivity contribution in [2.24, 2.45) is 7.05 Å². The van der Waals surface area contributed by atoms with Gasteiger partial charge in [-0.1, -0.05) is 18.2 Å². The summed E-state index contributed by atoms with van der Waals surface area (Å²) < 4.78 is 2.80. The molecule has 0 unspecified atom stereocenters. The summed E-state index contributed by atoms with van der Waals surface area (Å²) in [7, 11) is 3.63. The minimum atomic E-state index is -0.373. The molecule has 1 aliphatic rings. The van der Waals surface area contributed by atoms with Crippen molar-refractivity contribution >= 4 is 27.5 Å². The lowest BCUT2D eigenvalue weighted by atomic mass is 10.1. The number of fused-ring (bicyclic) bond motifs is 3. The van der Waals surface area contributed by atoms with E-state index in [0.717, 1.165) is 27.8 Å². The molecule has 4 aromatic rings. The van der Waals surface area contributed by atoms with Gasteiger partial charge >= 0.3 is 5.69 Å². The monoisotopic (exact) mass is 402 g/mol. The zero-order valence-electron chi connectivity index (χ0n) is 17.3. The maximum Gasteiger partial charge on any atom is 0.335 e. The van der Waals surface area contributed by atoms with Crippen molar-refractivity contribution in [3.63, 3.8) is 0 Å². The van der Waals surface area contributed by atoms with Crippen LogP contribution in [0, 0.1) is 13.8 Å². The molecule has 8 nitrogen and oxygen atoms in total. The van der Waals surface area contributed by atoms with Gasteiger partial charge in [-0.15, -0.1) is 0 Å². The van der Waals surface area contributed by atoms with E-state index in [1.54, 1.807) is 13.2 Å². The number of aryl methyl sites for hydroxylation is 3. The Labute approximate surface area is 172 Å². The summed E-state index contributed by atoms with van der Waals surface area (Å²) in [6.45, 7) is 4.50. The Balaban J connectivity index is 1.85. The molecule has 0 atom stereocenters. The van der Waals surface area contributed by atoms with Crippen LogP contribution in [-0.2, 0) is 7.05 Å². The van der Waals surface area contributed by atoms with Crippen LogP contribution in [0.3, 0.4) is 0 Å². The molecule has 152 valence electrons. The standard InChI is InChI=1S/C22H22N6O2/c1-12-6-5-7-13(2)18(12)28-21(29)16-10-23-20-15(19(16)27(4)22(28)30)8-17(25-20)14-9-24-26(3)11-14/h5-8,10-11,24H,9H2,1-4H3,(H,23,25). The van der Waals surface area contributed by atoms with Crippen LogP contribution in [0.2, 0.25) is 0 Å². The number of pyridine rings is 1. The summed E-state index contributed by atoms with van der Waals surface area (Å²) in [6, 6.07) is 7.68. The van der Waals surface area contributed by atoms with Crippen molar-refractivity contribution in [1.82, 2.24) is 29.5 Å². The molecule has 0 amide bonds. The number of aromatic amines is 1. The molecule has 0 spiro atoms. The van der Waals surface area contributed by atoms with Gasteiger partial charge in [0.25, 0.3) is 5.56 Å². The Morgan fingerprint density at radius 3 is 2.47 bits per heavy atom. The summed E-state index contributed by atoms with van der Waals surface area (Å²) >= 11 is 0. The van der Waals surface area contributed by atoms with Gasteiger partial charge in [-0.3, -0.25) is 9.36 Å². The van der Waals surface area contributed by atoms with Crippen LogP contribution in [0.4, 0.5) is 0 Å². The van der Waals surface area contributed by atoms with Crippen molar-refractivity contribution < 1.29 is 0 Å². The van der Waals surface area contributed by atoms with Crippen LogP contribution in [0.5, 0.6) is 0 Å². The third-order valence-electron chi connectivity index (χ3n) is 5.75. The summed E-state index contributed by atoms with van der Waals surface area (Å²) in [5, 5.41) is 3.06. The van der Waals surface area contributed by atoms with E-state index in [9.17, 15) is 9.59 Å². The lowest BCUT2D eigenvalue weighted by molar-refractivity contribution is 0.374. The zero-order chi connectivity index (χ0) is 21.2. The Bertz CT molecular complexity index is 1470. The number of nitrogens with one attached hydrogen (secondary N) is 2. The highest BCUT2D eigenvalue weighted by Crippen LogP contribution is 2.26. The van der Waals surface area contributed by atoms with Crippen molar-refractivity contribution in [3.8, 4) is 5.69 Å². The fourth-order valence-electron chi connectivity index (χ4n) is 4.26. The smallest absolute Gasteiger partial charge is 0.335 e. The number of nitrogens with zero attached hydrogens (tertiary/aromatic N) is 4. The number of H-pyrrole nitrogens is 1. The highest BCUT2D eigenvalue weighted by atomic mass is 16.2. The summed E-state index contributed by atoms with van der Waals surface area (Å²) in [6.07, 6.45) is 3.55. The van der Waals surface area contributed by atoms with Crippen molar-refractivity contribution in [1.29, 1.82) is 0 Å². The molecular formula is C22H22N6O2. The molecule has 0 bridgehead atoms. The first kappa shape index (κ1) is 18.4. The highest BCUT2D eigenvalue weighted by Gasteiger charge is 2.20. The van der Waals surface area contributed by atoms with Gasteiger partial charge in [0.2, 0.25) is 0 Å². The number of rotatable bonds is 2. The average molecular weight is 402 g/mol. The molecule has 0 fully saturated rings. The van der Waals surface area contributed by atoms with E-state index in [1.165, 1.54) is 9.13 Å². The number of hydrazine groups is 1. The summed E-state index contributed by atoms with van der Waals surface area (Å²) in [5.41, 5.74) is 8.07. The van der Waals surface area contributed by atoms with Gasteiger partial charge in [0.05, 0.1) is 16.6 Å². The van der Waals surface area contributed by atoms with Crippen LogP contribution in [0.1, 0.15) is 16.8 Å². The summed E-state index contributed by atoms with van der Waals surface area (Å²) in [5.74, 6) is 0. The van der Waals surface area contributed by atoms with Crippen LogP contribution in [0.25, 0.3) is 33.2 Å². The molecule has 1 aromatic carbocycles. The number of aromatic nitrogens is 4. The Hall–Kier alpha value is -3.65. The van der Waals surface area contributed by atoms with Crippen molar-refractivity contribution in [3.05, 3.63) is 74.3 Å². The van der Waals surface area contributed by atoms with Crippen LogP contribution in [-0.4, -0.2) is 37.7 Å². The fraction of sp³-hybridized carbons (Fsp3) is 0.227. The van der Waals surface area contributed by atoms with Gasteiger partial charge < -0.3 is 9.99 Å². The van der Waals surface area contributed by atoms with E-state index in [1.807, 2.05) is 56.4 Å². The molecular weight excluding hydrogens is 380 g/mol. The van der Waals surface area contributed by atoms with Gasteiger partial charge in [-0.25, -0.2) is 19.8 Å². The molecule has 4 heterocycles. The van der Waals surface area contributed by atoms with Gasteiger partial charge in [-0.05, 0) is 31.0 Å². The fourth-order valence-corrected chi connectivity index (χ4v) is 4.26. The average Bonchev–Trinajstić information content (AvgIpc) is 3.33. The minimum absolute atomic E-state index is 0.357. The Morgan fingerprint density at radius 2 is 1.80 bits per heavy atom. The molecule has 1 aliphatic heterocycles. The largest absolute Gasteiger partial charge is 0.339 e. The number of hydrogen-bond acceptors (Lipinski definition) is 5. The zero-order valence-corrected chi connectivity index (χ0v) is 17.3. The van der Waals surface area contributed by atoms with E-state index in [-0.39, 0.29) is 11.2 Å². The Morgan fingerprint density at radius 1 is 1.07 bits per heavy atom. The second-order valence-corrected chi connectivity index (χ2v) is 7.79. The van der Waals surface area contributed by atoms with Crippen LogP contribution < -0.4 is 16.7 Å². The minimum Gasteiger partial charge on any atom is -0.339 e. The molecule has 2 N–H and O–H groups in total. The number of hydrogen-bond donors (Lipinski definition) is 2. The maximum absolute atomic E-state index is 13.4. The van der Waals surface area contributed by atoms with E-state index in [0.29, 0.717) is 28.8 Å². The SMILES string of the molecule is Cc1cccc(C)c1-n1c(=O)c2cnc3[nH]c(C4=CN(C)NC4)cc3c2n(C)c1=O. The topological polar surface area (TPSA) is 87.9 Å². The van der Waals surface area contributed by atoms with Crippen molar-refractivity contribution in [2.45, 2.75) is 13.8 Å². The van der Waals surface area contributed by atoms with Crippen molar-refractivity contribution in [2.75, 3.05) is 13.6 Å². The second-order valence-electron chi connectivity index (χ2n) is 7.79. The Kier molecular flexibility index (Phi) is 3.94. The van der Waals surface area contributed by atoms with Gasteiger partial charge in [0.1, 0.15) is 5.65 Å². The maximum atomic E-state index is 13.4. The molecule has 5 rings (SSSR count). The summed E-state index contributed by atoms with van der Waals surface area (Å²) in [4.78, 5) is 34.5. The van der Waals surface area contributed by atoms with E-state index >= 15 is 0 Å². The third-order valence-corrected chi connectivity index (χ3v) is 5.75. The van der Waals surface area contributed by atoms with Gasteiger partial charge in [0.15, 0.2) is 0 Å². The van der Waals surface area contributed by atoms with Crippen LogP contribution >= 0.6 is 0 Å². The third kappa shape index (κ3) is 2.54. The number of benzene rings is 1. The van der Waals surface area contributed by atoms with E-state index in [4.69, 9.17) is 0 Å². The first-order valence-electron chi connectivity index (χ1n) is 9.74.